The van der Waals surface area contributed by atoms with Gasteiger partial charge in [-0.15, -0.1) is 0 Å². The summed E-state index contributed by atoms with van der Waals surface area (Å²) in [6.07, 6.45) is -2.53. The second kappa shape index (κ2) is 12.2. The van der Waals surface area contributed by atoms with Crippen LogP contribution in [0.3, 0.4) is 0 Å². The van der Waals surface area contributed by atoms with Crippen molar-refractivity contribution in [2.24, 2.45) is 5.73 Å². The van der Waals surface area contributed by atoms with Crippen LogP contribution in [0.5, 0.6) is 0 Å². The lowest BCUT2D eigenvalue weighted by molar-refractivity contribution is -0.137. The molecule has 174 valence electrons. The van der Waals surface area contributed by atoms with Crippen LogP contribution in [0.25, 0.3) is 0 Å². The molecule has 0 spiro atoms. The number of rotatable bonds is 11. The summed E-state index contributed by atoms with van der Waals surface area (Å²) in [4.78, 5) is 25.0. The zero-order chi connectivity index (χ0) is 23.6. The van der Waals surface area contributed by atoms with Crippen molar-refractivity contribution >= 4 is 17.5 Å². The number of halogens is 3. The molecule has 2 aromatic rings. The standard InChI is InChI=1S/C23H29F3N4O2/c1-16-5-11-19(12-6-16)29-22(32)20(4-2-3-13-27)30-21(31)15-28-14-17-7-9-18(10-8-17)23(24,25)26/h5-12,20,28H,2-4,13-15,27H2,1H3,(H,29,32)(H,30,31)/t20-/m0/s1. The maximum absolute atomic E-state index is 12.7. The van der Waals surface area contributed by atoms with Gasteiger partial charge in [-0.05, 0) is 62.6 Å². The van der Waals surface area contributed by atoms with Gasteiger partial charge in [-0.25, -0.2) is 0 Å². The van der Waals surface area contributed by atoms with Gasteiger partial charge in [0.1, 0.15) is 6.04 Å². The first-order valence-electron chi connectivity index (χ1n) is 10.4. The number of anilines is 1. The zero-order valence-electron chi connectivity index (χ0n) is 18.0. The molecule has 2 rings (SSSR count). The van der Waals surface area contributed by atoms with Gasteiger partial charge in [-0.2, -0.15) is 13.2 Å². The van der Waals surface area contributed by atoms with E-state index in [9.17, 15) is 22.8 Å². The molecule has 0 aliphatic heterocycles. The van der Waals surface area contributed by atoms with Crippen LogP contribution in [0.2, 0.25) is 0 Å². The molecule has 6 nitrogen and oxygen atoms in total. The van der Waals surface area contributed by atoms with Crippen LogP contribution >= 0.6 is 0 Å². The summed E-state index contributed by atoms with van der Waals surface area (Å²) in [7, 11) is 0. The summed E-state index contributed by atoms with van der Waals surface area (Å²) in [6.45, 7) is 2.58. The number of alkyl halides is 3. The van der Waals surface area contributed by atoms with E-state index >= 15 is 0 Å². The van der Waals surface area contributed by atoms with E-state index in [1.165, 1.54) is 12.1 Å². The van der Waals surface area contributed by atoms with Gasteiger partial charge in [-0.3, -0.25) is 9.59 Å². The molecule has 0 radical (unpaired) electrons. The van der Waals surface area contributed by atoms with E-state index in [-0.39, 0.29) is 24.9 Å². The Labute approximate surface area is 185 Å². The summed E-state index contributed by atoms with van der Waals surface area (Å²) >= 11 is 0. The number of unbranched alkanes of at least 4 members (excludes halogenated alkanes) is 1. The van der Waals surface area contributed by atoms with Crippen LogP contribution in [0.4, 0.5) is 18.9 Å². The number of nitrogens with one attached hydrogen (secondary N) is 3. The molecule has 9 heteroatoms. The normalized spacial score (nSPS) is 12.3. The van der Waals surface area contributed by atoms with Crippen molar-refractivity contribution in [3.05, 3.63) is 65.2 Å². The number of aryl methyl sites for hydroxylation is 1. The Morgan fingerprint density at radius 1 is 1.00 bits per heavy atom. The smallest absolute Gasteiger partial charge is 0.343 e. The lowest BCUT2D eigenvalue weighted by atomic mass is 10.1. The highest BCUT2D eigenvalue weighted by molar-refractivity contribution is 5.97. The quantitative estimate of drug-likeness (QED) is 0.395. The number of benzene rings is 2. The van der Waals surface area contributed by atoms with Crippen molar-refractivity contribution in [3.63, 3.8) is 0 Å². The molecule has 2 amide bonds. The first-order valence-corrected chi connectivity index (χ1v) is 10.4. The molecule has 0 bridgehead atoms. The maximum Gasteiger partial charge on any atom is 0.416 e. The minimum atomic E-state index is -4.39. The lowest BCUT2D eigenvalue weighted by Crippen LogP contribution is -2.46. The largest absolute Gasteiger partial charge is 0.416 e. The summed E-state index contributed by atoms with van der Waals surface area (Å²) < 4.78 is 37.9. The maximum atomic E-state index is 12.7. The van der Waals surface area contributed by atoms with Crippen LogP contribution in [0, 0.1) is 6.92 Å². The topological polar surface area (TPSA) is 96.2 Å². The van der Waals surface area contributed by atoms with Crippen molar-refractivity contribution in [2.75, 3.05) is 18.4 Å². The lowest BCUT2D eigenvalue weighted by Gasteiger charge is -2.19. The molecule has 0 saturated carbocycles. The monoisotopic (exact) mass is 450 g/mol. The van der Waals surface area contributed by atoms with E-state index in [0.717, 1.165) is 24.1 Å². The predicted molar refractivity (Wildman–Crippen MR) is 118 cm³/mol. The third kappa shape index (κ3) is 8.68. The Bertz CT molecular complexity index is 868. The van der Waals surface area contributed by atoms with Gasteiger partial charge in [0, 0.05) is 12.2 Å². The average Bonchev–Trinajstić information content (AvgIpc) is 2.74. The Kier molecular flexibility index (Phi) is 9.67. The SMILES string of the molecule is Cc1ccc(NC(=O)[C@H](CCCCN)NC(=O)CNCc2ccc(C(F)(F)F)cc2)cc1. The van der Waals surface area contributed by atoms with Crippen LogP contribution in [-0.4, -0.2) is 30.9 Å². The molecule has 0 unspecified atom stereocenters. The summed E-state index contributed by atoms with van der Waals surface area (Å²) in [6, 6.07) is 11.3. The summed E-state index contributed by atoms with van der Waals surface area (Å²) in [5, 5.41) is 8.41. The highest BCUT2D eigenvalue weighted by Gasteiger charge is 2.29. The predicted octanol–water partition coefficient (Wildman–Crippen LogP) is 3.36. The first kappa shape index (κ1) is 25.4. The van der Waals surface area contributed by atoms with Crippen LogP contribution < -0.4 is 21.7 Å². The van der Waals surface area contributed by atoms with Crippen LogP contribution in [0.1, 0.15) is 36.0 Å². The first-order chi connectivity index (χ1) is 15.2. The van der Waals surface area contributed by atoms with E-state index in [0.29, 0.717) is 30.6 Å². The van der Waals surface area contributed by atoms with E-state index in [4.69, 9.17) is 5.73 Å². The molecular formula is C23H29F3N4O2. The third-order valence-corrected chi connectivity index (χ3v) is 4.81. The molecular weight excluding hydrogens is 421 g/mol. The fraction of sp³-hybridized carbons (Fsp3) is 0.391. The van der Waals surface area contributed by atoms with E-state index in [1.807, 2.05) is 19.1 Å². The molecule has 0 aliphatic carbocycles. The second-order valence-corrected chi connectivity index (χ2v) is 7.56. The Hall–Kier alpha value is -2.91. The minimum Gasteiger partial charge on any atom is -0.343 e. The number of carbonyl (C=O) groups excluding carboxylic acids is 2. The van der Waals surface area contributed by atoms with Gasteiger partial charge in [0.15, 0.2) is 0 Å². The Morgan fingerprint density at radius 2 is 1.66 bits per heavy atom. The van der Waals surface area contributed by atoms with E-state index < -0.39 is 17.8 Å². The van der Waals surface area contributed by atoms with Crippen molar-refractivity contribution in [1.29, 1.82) is 0 Å². The Balaban J connectivity index is 1.86. The minimum absolute atomic E-state index is 0.0772. The molecule has 32 heavy (non-hydrogen) atoms. The third-order valence-electron chi connectivity index (χ3n) is 4.81. The molecule has 0 heterocycles. The second-order valence-electron chi connectivity index (χ2n) is 7.56. The van der Waals surface area contributed by atoms with Crippen molar-refractivity contribution in [3.8, 4) is 0 Å². The molecule has 0 aliphatic rings. The average molecular weight is 451 g/mol. The van der Waals surface area contributed by atoms with Gasteiger partial charge in [0.2, 0.25) is 11.8 Å². The van der Waals surface area contributed by atoms with Crippen molar-refractivity contribution in [2.45, 2.75) is 44.9 Å². The molecule has 0 aromatic heterocycles. The number of amides is 2. The van der Waals surface area contributed by atoms with Crippen LogP contribution in [-0.2, 0) is 22.3 Å². The van der Waals surface area contributed by atoms with Gasteiger partial charge in [0.25, 0.3) is 0 Å². The van der Waals surface area contributed by atoms with Crippen molar-refractivity contribution < 1.29 is 22.8 Å². The van der Waals surface area contributed by atoms with E-state index in [2.05, 4.69) is 16.0 Å². The zero-order valence-corrected chi connectivity index (χ0v) is 18.0. The van der Waals surface area contributed by atoms with E-state index in [1.54, 1.807) is 12.1 Å². The van der Waals surface area contributed by atoms with Crippen LogP contribution in [0.15, 0.2) is 48.5 Å². The molecule has 1 atom stereocenters. The number of carbonyl (C=O) groups is 2. The fourth-order valence-electron chi connectivity index (χ4n) is 3.01. The molecule has 0 fully saturated rings. The highest BCUT2D eigenvalue weighted by Crippen LogP contribution is 2.29. The molecule has 5 N–H and O–H groups in total. The summed E-state index contributed by atoms with van der Waals surface area (Å²) in [5.74, 6) is -0.698. The number of hydrogen-bond acceptors (Lipinski definition) is 4. The van der Waals surface area contributed by atoms with Gasteiger partial charge < -0.3 is 21.7 Å². The highest BCUT2D eigenvalue weighted by atomic mass is 19.4. The van der Waals surface area contributed by atoms with Gasteiger partial charge in [0.05, 0.1) is 12.1 Å². The summed E-state index contributed by atoms with van der Waals surface area (Å²) in [5.41, 5.74) is 7.12. The Morgan fingerprint density at radius 3 is 2.25 bits per heavy atom. The van der Waals surface area contributed by atoms with Crippen molar-refractivity contribution in [1.82, 2.24) is 10.6 Å². The molecule has 2 aromatic carbocycles. The number of nitrogens with two attached hydrogens (primary N) is 1. The number of hydrogen-bond donors (Lipinski definition) is 4. The fourth-order valence-corrected chi connectivity index (χ4v) is 3.01. The molecule has 0 saturated heterocycles. The van der Waals surface area contributed by atoms with Gasteiger partial charge >= 0.3 is 6.18 Å². The van der Waals surface area contributed by atoms with Gasteiger partial charge in [-0.1, -0.05) is 29.8 Å².